The highest BCUT2D eigenvalue weighted by Gasteiger charge is 2.12. The molecule has 0 saturated heterocycles. The number of ketones is 1. The van der Waals surface area contributed by atoms with Gasteiger partial charge in [-0.15, -0.1) is 0 Å². The van der Waals surface area contributed by atoms with Gasteiger partial charge in [0.1, 0.15) is 5.78 Å². The molecule has 0 bridgehead atoms. The monoisotopic (exact) mass is 194 g/mol. The van der Waals surface area contributed by atoms with Crippen molar-refractivity contribution in [1.29, 1.82) is 0 Å². The second-order valence-corrected chi connectivity index (χ2v) is 3.26. The molecule has 0 fully saturated rings. The quantitative estimate of drug-likeness (QED) is 0.801. The van der Waals surface area contributed by atoms with Gasteiger partial charge in [-0.3, -0.25) is 4.79 Å². The van der Waals surface area contributed by atoms with Gasteiger partial charge in [0.15, 0.2) is 11.5 Å². The van der Waals surface area contributed by atoms with Crippen LogP contribution in [0.2, 0.25) is 0 Å². The molecule has 1 aromatic carbocycles. The van der Waals surface area contributed by atoms with Crippen molar-refractivity contribution in [3.63, 3.8) is 0 Å². The SMILES string of the molecule is COc1cc(C(C)C(C)=O)ccc1O. The number of phenolic OH excluding ortho intramolecular Hbond substituents is 1. The first-order chi connectivity index (χ1) is 6.56. The zero-order valence-corrected chi connectivity index (χ0v) is 8.57. The van der Waals surface area contributed by atoms with E-state index >= 15 is 0 Å². The average Bonchev–Trinajstić information content (AvgIpc) is 2.17. The number of rotatable bonds is 3. The molecule has 3 heteroatoms. The third-order valence-corrected chi connectivity index (χ3v) is 2.31. The normalized spacial score (nSPS) is 12.2. The van der Waals surface area contributed by atoms with Crippen LogP contribution in [0, 0.1) is 0 Å². The molecule has 1 aromatic rings. The molecule has 0 aliphatic carbocycles. The zero-order chi connectivity index (χ0) is 10.7. The van der Waals surface area contributed by atoms with Crippen molar-refractivity contribution in [3.8, 4) is 11.5 Å². The summed E-state index contributed by atoms with van der Waals surface area (Å²) >= 11 is 0. The highest BCUT2D eigenvalue weighted by Crippen LogP contribution is 2.29. The zero-order valence-electron chi connectivity index (χ0n) is 8.57. The molecule has 1 N–H and O–H groups in total. The molecule has 0 saturated carbocycles. The smallest absolute Gasteiger partial charge is 0.160 e. The Morgan fingerprint density at radius 1 is 1.50 bits per heavy atom. The van der Waals surface area contributed by atoms with E-state index < -0.39 is 0 Å². The van der Waals surface area contributed by atoms with Crippen molar-refractivity contribution in [2.75, 3.05) is 7.11 Å². The number of phenols is 1. The number of carbonyl (C=O) groups excluding carboxylic acids is 1. The molecule has 0 aliphatic rings. The number of ether oxygens (including phenoxy) is 1. The van der Waals surface area contributed by atoms with Gasteiger partial charge in [-0.1, -0.05) is 13.0 Å². The van der Waals surface area contributed by atoms with Gasteiger partial charge < -0.3 is 9.84 Å². The van der Waals surface area contributed by atoms with E-state index in [0.717, 1.165) is 5.56 Å². The molecule has 0 radical (unpaired) electrons. The van der Waals surface area contributed by atoms with Gasteiger partial charge in [0.05, 0.1) is 7.11 Å². The van der Waals surface area contributed by atoms with Crippen molar-refractivity contribution in [1.82, 2.24) is 0 Å². The minimum Gasteiger partial charge on any atom is -0.504 e. The summed E-state index contributed by atoms with van der Waals surface area (Å²) in [5.74, 6) is 0.421. The lowest BCUT2D eigenvalue weighted by Crippen LogP contribution is -2.04. The van der Waals surface area contributed by atoms with E-state index in [4.69, 9.17) is 4.74 Å². The Morgan fingerprint density at radius 3 is 2.64 bits per heavy atom. The molecule has 1 rings (SSSR count). The maximum Gasteiger partial charge on any atom is 0.160 e. The topological polar surface area (TPSA) is 46.5 Å². The number of hydrogen-bond acceptors (Lipinski definition) is 3. The second-order valence-electron chi connectivity index (χ2n) is 3.26. The van der Waals surface area contributed by atoms with Gasteiger partial charge >= 0.3 is 0 Å². The number of aromatic hydroxyl groups is 1. The Balaban J connectivity index is 3.06. The van der Waals surface area contributed by atoms with Crippen LogP contribution < -0.4 is 4.74 Å². The third-order valence-electron chi connectivity index (χ3n) is 2.31. The maximum absolute atomic E-state index is 11.1. The maximum atomic E-state index is 11.1. The number of hydrogen-bond donors (Lipinski definition) is 1. The van der Waals surface area contributed by atoms with Gasteiger partial charge in [-0.25, -0.2) is 0 Å². The Bertz CT molecular complexity index is 344. The van der Waals surface area contributed by atoms with Crippen molar-refractivity contribution in [2.45, 2.75) is 19.8 Å². The van der Waals surface area contributed by atoms with Crippen LogP contribution in [0.15, 0.2) is 18.2 Å². The number of Topliss-reactive ketones (excluding diaryl/α,β-unsaturated/α-hetero) is 1. The molecule has 1 unspecified atom stereocenters. The van der Waals surface area contributed by atoms with Crippen LogP contribution in [0.4, 0.5) is 0 Å². The fourth-order valence-electron chi connectivity index (χ4n) is 1.20. The Morgan fingerprint density at radius 2 is 2.14 bits per heavy atom. The van der Waals surface area contributed by atoms with E-state index in [9.17, 15) is 9.90 Å². The molecular formula is C11H14O3. The third kappa shape index (κ3) is 2.05. The van der Waals surface area contributed by atoms with Crippen LogP contribution in [0.1, 0.15) is 25.3 Å². The highest BCUT2D eigenvalue weighted by molar-refractivity contribution is 5.83. The molecule has 3 nitrogen and oxygen atoms in total. The average molecular weight is 194 g/mol. The molecular weight excluding hydrogens is 180 g/mol. The first-order valence-electron chi connectivity index (χ1n) is 4.43. The molecule has 0 spiro atoms. The summed E-state index contributed by atoms with van der Waals surface area (Å²) in [6, 6.07) is 4.94. The minimum absolute atomic E-state index is 0.0898. The van der Waals surface area contributed by atoms with E-state index in [-0.39, 0.29) is 17.5 Å². The van der Waals surface area contributed by atoms with Crippen molar-refractivity contribution in [2.24, 2.45) is 0 Å². The van der Waals surface area contributed by atoms with Crippen LogP contribution in [-0.2, 0) is 4.79 Å². The van der Waals surface area contributed by atoms with Gasteiger partial charge in [0.25, 0.3) is 0 Å². The van der Waals surface area contributed by atoms with Gasteiger partial charge in [0.2, 0.25) is 0 Å². The van der Waals surface area contributed by atoms with Crippen molar-refractivity contribution >= 4 is 5.78 Å². The standard InChI is InChI=1S/C11H14O3/c1-7(8(2)12)9-4-5-10(13)11(6-9)14-3/h4-7,13H,1-3H3. The molecule has 76 valence electrons. The summed E-state index contributed by atoms with van der Waals surface area (Å²) in [5.41, 5.74) is 0.854. The van der Waals surface area contributed by atoms with Gasteiger partial charge in [0, 0.05) is 5.92 Å². The minimum atomic E-state index is -0.163. The lowest BCUT2D eigenvalue weighted by Gasteiger charge is -2.10. The lowest BCUT2D eigenvalue weighted by molar-refractivity contribution is -0.118. The largest absolute Gasteiger partial charge is 0.504 e. The van der Waals surface area contributed by atoms with E-state index in [1.54, 1.807) is 19.1 Å². The van der Waals surface area contributed by atoms with E-state index in [0.29, 0.717) is 5.75 Å². The molecule has 0 heterocycles. The van der Waals surface area contributed by atoms with Crippen LogP contribution in [0.3, 0.4) is 0 Å². The fourth-order valence-corrected chi connectivity index (χ4v) is 1.20. The van der Waals surface area contributed by atoms with Gasteiger partial charge in [-0.05, 0) is 24.6 Å². The number of benzene rings is 1. The summed E-state index contributed by atoms with van der Waals surface area (Å²) in [5, 5.41) is 9.35. The molecule has 0 amide bonds. The predicted octanol–water partition coefficient (Wildman–Crippen LogP) is 2.09. The Labute approximate surface area is 83.3 Å². The fraction of sp³-hybridized carbons (Fsp3) is 0.364. The molecule has 0 aliphatic heterocycles. The summed E-state index contributed by atoms with van der Waals surface area (Å²) in [7, 11) is 1.48. The number of carbonyl (C=O) groups is 1. The lowest BCUT2D eigenvalue weighted by atomic mass is 9.97. The molecule has 0 aromatic heterocycles. The van der Waals surface area contributed by atoms with E-state index in [1.807, 2.05) is 6.92 Å². The van der Waals surface area contributed by atoms with Crippen LogP contribution >= 0.6 is 0 Å². The summed E-state index contributed by atoms with van der Waals surface area (Å²) in [4.78, 5) is 11.1. The number of methoxy groups -OCH3 is 1. The first kappa shape index (κ1) is 10.6. The first-order valence-corrected chi connectivity index (χ1v) is 4.43. The van der Waals surface area contributed by atoms with Crippen LogP contribution in [0.25, 0.3) is 0 Å². The van der Waals surface area contributed by atoms with Crippen LogP contribution in [0.5, 0.6) is 11.5 Å². The Kier molecular flexibility index (Phi) is 3.12. The molecule has 1 atom stereocenters. The van der Waals surface area contributed by atoms with Gasteiger partial charge in [-0.2, -0.15) is 0 Å². The highest BCUT2D eigenvalue weighted by atomic mass is 16.5. The van der Waals surface area contributed by atoms with Crippen molar-refractivity contribution in [3.05, 3.63) is 23.8 Å². The second kappa shape index (κ2) is 4.13. The summed E-state index contributed by atoms with van der Waals surface area (Å²) < 4.78 is 4.95. The van der Waals surface area contributed by atoms with Crippen molar-refractivity contribution < 1.29 is 14.6 Å². The summed E-state index contributed by atoms with van der Waals surface area (Å²) in [6.07, 6.45) is 0. The summed E-state index contributed by atoms with van der Waals surface area (Å²) in [6.45, 7) is 3.37. The Hall–Kier alpha value is -1.51. The molecule has 14 heavy (non-hydrogen) atoms. The van der Waals surface area contributed by atoms with Crippen LogP contribution in [-0.4, -0.2) is 18.0 Å². The predicted molar refractivity (Wildman–Crippen MR) is 53.8 cm³/mol. The van der Waals surface area contributed by atoms with E-state index in [1.165, 1.54) is 13.2 Å². The van der Waals surface area contributed by atoms with E-state index in [2.05, 4.69) is 0 Å².